The molecular weight excluding hydrogens is 242 g/mol. The summed E-state index contributed by atoms with van der Waals surface area (Å²) in [6.45, 7) is 1.21. The highest BCUT2D eigenvalue weighted by molar-refractivity contribution is 5.96. The SMILES string of the molecule is NC(=NO)c1ncccc1CNCc1ccccn1. The van der Waals surface area contributed by atoms with Crippen molar-refractivity contribution in [3.8, 4) is 0 Å². The van der Waals surface area contributed by atoms with Crippen molar-refractivity contribution < 1.29 is 5.21 Å². The van der Waals surface area contributed by atoms with Gasteiger partial charge in [-0.2, -0.15) is 0 Å². The monoisotopic (exact) mass is 257 g/mol. The van der Waals surface area contributed by atoms with E-state index in [0.717, 1.165) is 11.3 Å². The number of hydrogen-bond acceptors (Lipinski definition) is 5. The molecule has 4 N–H and O–H groups in total. The van der Waals surface area contributed by atoms with Crippen LogP contribution in [0.3, 0.4) is 0 Å². The van der Waals surface area contributed by atoms with Gasteiger partial charge in [-0.3, -0.25) is 9.97 Å². The third-order valence-corrected chi connectivity index (χ3v) is 2.59. The van der Waals surface area contributed by atoms with Gasteiger partial charge >= 0.3 is 0 Å². The summed E-state index contributed by atoms with van der Waals surface area (Å²) in [5.74, 6) is 0.00948. The maximum absolute atomic E-state index is 8.71. The molecule has 2 aromatic rings. The molecule has 0 radical (unpaired) electrons. The minimum Gasteiger partial charge on any atom is -0.409 e. The first-order valence-electron chi connectivity index (χ1n) is 5.83. The van der Waals surface area contributed by atoms with Gasteiger partial charge in [0.2, 0.25) is 0 Å². The van der Waals surface area contributed by atoms with Crippen LogP contribution in [0.4, 0.5) is 0 Å². The van der Waals surface area contributed by atoms with Crippen molar-refractivity contribution in [2.75, 3.05) is 0 Å². The summed E-state index contributed by atoms with van der Waals surface area (Å²) in [6.07, 6.45) is 3.36. The van der Waals surface area contributed by atoms with Crippen molar-refractivity contribution in [1.82, 2.24) is 15.3 Å². The van der Waals surface area contributed by atoms with Crippen LogP contribution in [0.15, 0.2) is 47.9 Å². The molecule has 2 aromatic heterocycles. The molecule has 0 saturated heterocycles. The first-order valence-corrected chi connectivity index (χ1v) is 5.83. The second-order valence-electron chi connectivity index (χ2n) is 3.92. The second kappa shape index (κ2) is 6.46. The Balaban J connectivity index is 2.00. The van der Waals surface area contributed by atoms with Gasteiger partial charge < -0.3 is 16.3 Å². The Hall–Kier alpha value is -2.47. The number of pyridine rings is 2. The minimum atomic E-state index is 0.00948. The predicted molar refractivity (Wildman–Crippen MR) is 71.5 cm³/mol. The van der Waals surface area contributed by atoms with Crippen LogP contribution < -0.4 is 11.1 Å². The van der Waals surface area contributed by atoms with Gasteiger partial charge in [0.1, 0.15) is 5.69 Å². The molecule has 0 aromatic carbocycles. The average molecular weight is 257 g/mol. The Morgan fingerprint density at radius 3 is 2.74 bits per heavy atom. The number of oxime groups is 1. The molecule has 6 heteroatoms. The Morgan fingerprint density at radius 1 is 1.16 bits per heavy atom. The number of nitrogens with zero attached hydrogens (tertiary/aromatic N) is 3. The van der Waals surface area contributed by atoms with Crippen LogP contribution in [-0.4, -0.2) is 21.0 Å². The van der Waals surface area contributed by atoms with E-state index in [9.17, 15) is 0 Å². The van der Waals surface area contributed by atoms with Crippen LogP contribution in [0.2, 0.25) is 0 Å². The molecule has 0 bridgehead atoms. The van der Waals surface area contributed by atoms with E-state index >= 15 is 0 Å². The number of nitrogens with one attached hydrogen (secondary N) is 1. The third kappa shape index (κ3) is 3.49. The average Bonchev–Trinajstić information content (AvgIpc) is 2.48. The Morgan fingerprint density at radius 2 is 2.00 bits per heavy atom. The maximum Gasteiger partial charge on any atom is 0.189 e. The first-order chi connectivity index (χ1) is 9.31. The van der Waals surface area contributed by atoms with E-state index < -0.39 is 0 Å². The van der Waals surface area contributed by atoms with Gasteiger partial charge in [-0.05, 0) is 23.8 Å². The van der Waals surface area contributed by atoms with Crippen molar-refractivity contribution in [2.24, 2.45) is 10.9 Å². The molecule has 0 unspecified atom stereocenters. The zero-order valence-corrected chi connectivity index (χ0v) is 10.3. The lowest BCUT2D eigenvalue weighted by Crippen LogP contribution is -2.21. The second-order valence-corrected chi connectivity index (χ2v) is 3.92. The highest BCUT2D eigenvalue weighted by atomic mass is 16.4. The largest absolute Gasteiger partial charge is 0.409 e. The summed E-state index contributed by atoms with van der Waals surface area (Å²) in [7, 11) is 0. The smallest absolute Gasteiger partial charge is 0.189 e. The molecule has 19 heavy (non-hydrogen) atoms. The zero-order chi connectivity index (χ0) is 13.5. The van der Waals surface area contributed by atoms with Crippen molar-refractivity contribution in [3.63, 3.8) is 0 Å². The fourth-order valence-electron chi connectivity index (χ4n) is 1.69. The van der Waals surface area contributed by atoms with E-state index in [-0.39, 0.29) is 5.84 Å². The molecule has 98 valence electrons. The third-order valence-electron chi connectivity index (χ3n) is 2.59. The lowest BCUT2D eigenvalue weighted by molar-refractivity contribution is 0.318. The lowest BCUT2D eigenvalue weighted by Gasteiger charge is -2.08. The van der Waals surface area contributed by atoms with E-state index in [1.807, 2.05) is 30.3 Å². The van der Waals surface area contributed by atoms with Crippen molar-refractivity contribution in [2.45, 2.75) is 13.1 Å². The summed E-state index contributed by atoms with van der Waals surface area (Å²) in [5, 5.41) is 14.9. The topological polar surface area (TPSA) is 96.4 Å². The standard InChI is InChI=1S/C13H15N5O/c14-13(18-19)12-10(4-3-7-17-12)8-15-9-11-5-1-2-6-16-11/h1-7,15,19H,8-9H2,(H2,14,18). The van der Waals surface area contributed by atoms with Crippen LogP contribution in [0.25, 0.3) is 0 Å². The number of aromatic nitrogens is 2. The number of hydrogen-bond donors (Lipinski definition) is 3. The number of rotatable bonds is 5. The van der Waals surface area contributed by atoms with Crippen LogP contribution >= 0.6 is 0 Å². The van der Waals surface area contributed by atoms with Crippen molar-refractivity contribution in [3.05, 3.63) is 59.7 Å². The van der Waals surface area contributed by atoms with Crippen LogP contribution in [0.5, 0.6) is 0 Å². The summed E-state index contributed by atoms with van der Waals surface area (Å²) in [6, 6.07) is 9.45. The van der Waals surface area contributed by atoms with Crippen LogP contribution in [0.1, 0.15) is 17.0 Å². The van der Waals surface area contributed by atoms with Crippen molar-refractivity contribution in [1.29, 1.82) is 0 Å². The van der Waals surface area contributed by atoms with Gasteiger partial charge in [-0.15, -0.1) is 0 Å². The molecule has 2 heterocycles. The fourth-order valence-corrected chi connectivity index (χ4v) is 1.69. The molecule has 0 amide bonds. The Labute approximate surface area is 111 Å². The van der Waals surface area contributed by atoms with E-state index in [2.05, 4.69) is 20.4 Å². The molecule has 0 aliphatic rings. The van der Waals surface area contributed by atoms with Gasteiger partial charge in [0.15, 0.2) is 5.84 Å². The van der Waals surface area contributed by atoms with E-state index in [0.29, 0.717) is 18.8 Å². The van der Waals surface area contributed by atoms with E-state index in [1.54, 1.807) is 12.4 Å². The van der Waals surface area contributed by atoms with Crippen LogP contribution in [-0.2, 0) is 13.1 Å². The first kappa shape index (κ1) is 13.0. The summed E-state index contributed by atoms with van der Waals surface area (Å²) >= 11 is 0. The van der Waals surface area contributed by atoms with Gasteiger partial charge in [-0.1, -0.05) is 17.3 Å². The lowest BCUT2D eigenvalue weighted by atomic mass is 10.2. The van der Waals surface area contributed by atoms with Gasteiger partial charge in [0.25, 0.3) is 0 Å². The normalized spacial score (nSPS) is 11.5. The molecule has 0 aliphatic carbocycles. The Kier molecular flexibility index (Phi) is 4.41. The van der Waals surface area contributed by atoms with E-state index in [1.165, 1.54) is 0 Å². The molecule has 0 saturated carbocycles. The maximum atomic E-state index is 8.71. The molecule has 2 rings (SSSR count). The highest BCUT2D eigenvalue weighted by Crippen LogP contribution is 2.05. The van der Waals surface area contributed by atoms with Gasteiger partial charge in [-0.25, -0.2) is 0 Å². The molecule has 0 fully saturated rings. The van der Waals surface area contributed by atoms with Crippen LogP contribution in [0, 0.1) is 0 Å². The summed E-state index contributed by atoms with van der Waals surface area (Å²) < 4.78 is 0. The zero-order valence-electron chi connectivity index (χ0n) is 10.3. The highest BCUT2D eigenvalue weighted by Gasteiger charge is 2.07. The Bertz CT molecular complexity index is 556. The summed E-state index contributed by atoms with van der Waals surface area (Å²) in [5.41, 5.74) is 7.88. The van der Waals surface area contributed by atoms with Gasteiger partial charge in [0, 0.05) is 25.5 Å². The molecule has 0 atom stereocenters. The predicted octanol–water partition coefficient (Wildman–Crippen LogP) is 0.861. The minimum absolute atomic E-state index is 0.00948. The fraction of sp³-hybridized carbons (Fsp3) is 0.154. The molecule has 0 aliphatic heterocycles. The molecule has 0 spiro atoms. The molecular formula is C13H15N5O. The van der Waals surface area contributed by atoms with Crippen molar-refractivity contribution >= 4 is 5.84 Å². The van der Waals surface area contributed by atoms with Gasteiger partial charge in [0.05, 0.1) is 5.69 Å². The number of amidine groups is 1. The number of nitrogens with two attached hydrogens (primary N) is 1. The molecule has 6 nitrogen and oxygen atoms in total. The summed E-state index contributed by atoms with van der Waals surface area (Å²) in [4.78, 5) is 8.32. The van der Waals surface area contributed by atoms with E-state index in [4.69, 9.17) is 10.9 Å². The quantitative estimate of drug-likeness (QED) is 0.319.